The molecule has 0 amide bonds. The fourth-order valence-electron chi connectivity index (χ4n) is 2.41. The maximum atomic E-state index is 11.0. The van der Waals surface area contributed by atoms with Gasteiger partial charge >= 0.3 is 5.97 Å². The van der Waals surface area contributed by atoms with Gasteiger partial charge in [-0.05, 0) is 0 Å². The average Bonchev–Trinajstić information content (AvgIpc) is 2.63. The van der Waals surface area contributed by atoms with Crippen LogP contribution in [0.5, 0.6) is 5.75 Å². The minimum Gasteiger partial charge on any atom is -0.424 e. The number of carbonyl (C=O) groups is 1. The van der Waals surface area contributed by atoms with E-state index < -0.39 is 5.97 Å². The van der Waals surface area contributed by atoms with E-state index in [-0.39, 0.29) is 5.15 Å². The summed E-state index contributed by atoms with van der Waals surface area (Å²) in [6, 6.07) is 10.8. The normalized spacial score (nSPS) is 10.0. The van der Waals surface area contributed by atoms with Crippen molar-refractivity contribution in [3.05, 3.63) is 41.6 Å². The zero-order valence-electron chi connectivity index (χ0n) is 16.0. The molecule has 0 fully saturated rings. The lowest BCUT2D eigenvalue weighted by atomic mass is 10.1. The molecule has 26 heavy (non-hydrogen) atoms. The standard InChI is InChI=1S/C12H9ClN2O2.C9H20/c1-8(16)17-10-7-11(13)14-15-12(10)9-5-3-2-4-6-9;1-3-5-7-9-8-6-4-2/h2-7H,1H3;3-9H2,1-2H3. The monoisotopic (exact) mass is 376 g/mol. The molecule has 1 aromatic heterocycles. The second-order valence-corrected chi connectivity index (χ2v) is 6.49. The third-order valence-electron chi connectivity index (χ3n) is 3.74. The van der Waals surface area contributed by atoms with Gasteiger partial charge in [-0.2, -0.15) is 0 Å². The first kappa shape index (κ1) is 22.1. The van der Waals surface area contributed by atoms with Gasteiger partial charge in [0.15, 0.2) is 10.9 Å². The zero-order chi connectivity index (χ0) is 19.2. The molecule has 0 N–H and O–H groups in total. The number of carbonyl (C=O) groups excluding carboxylic acids is 1. The van der Waals surface area contributed by atoms with Gasteiger partial charge in [0.2, 0.25) is 0 Å². The van der Waals surface area contributed by atoms with Crippen LogP contribution in [0.3, 0.4) is 0 Å². The van der Waals surface area contributed by atoms with E-state index in [0.717, 1.165) is 5.56 Å². The Morgan fingerprint density at radius 1 is 0.962 bits per heavy atom. The number of hydrogen-bond acceptors (Lipinski definition) is 4. The molecule has 5 heteroatoms. The predicted octanol–water partition coefficient (Wildman–Crippen LogP) is 6.48. The van der Waals surface area contributed by atoms with Gasteiger partial charge in [0.05, 0.1) is 0 Å². The highest BCUT2D eigenvalue weighted by atomic mass is 35.5. The van der Waals surface area contributed by atoms with Gasteiger partial charge in [-0.1, -0.05) is 101 Å². The molecule has 0 atom stereocenters. The Labute approximate surface area is 161 Å². The number of nitrogens with zero attached hydrogens (tertiary/aromatic N) is 2. The van der Waals surface area contributed by atoms with Crippen LogP contribution in [0.4, 0.5) is 0 Å². The van der Waals surface area contributed by atoms with E-state index in [1.54, 1.807) is 0 Å². The van der Waals surface area contributed by atoms with Crippen molar-refractivity contribution in [3.8, 4) is 17.0 Å². The first-order valence-corrected chi connectivity index (χ1v) is 9.73. The van der Waals surface area contributed by atoms with Crippen LogP contribution < -0.4 is 4.74 Å². The van der Waals surface area contributed by atoms with Crippen molar-refractivity contribution in [2.24, 2.45) is 0 Å². The minimum atomic E-state index is -0.425. The summed E-state index contributed by atoms with van der Waals surface area (Å²) in [4.78, 5) is 11.0. The zero-order valence-corrected chi connectivity index (χ0v) is 16.8. The number of esters is 1. The van der Waals surface area contributed by atoms with Gasteiger partial charge in [-0.3, -0.25) is 4.79 Å². The predicted molar refractivity (Wildman–Crippen MR) is 107 cm³/mol. The Morgan fingerprint density at radius 2 is 1.54 bits per heavy atom. The highest BCUT2D eigenvalue weighted by molar-refractivity contribution is 6.29. The number of unbranched alkanes of at least 4 members (excludes halogenated alkanes) is 6. The molecule has 0 saturated carbocycles. The second kappa shape index (κ2) is 13.3. The Balaban J connectivity index is 0.000000321. The number of rotatable bonds is 8. The minimum absolute atomic E-state index is 0.181. The van der Waals surface area contributed by atoms with Gasteiger partial charge in [-0.25, -0.2) is 0 Å². The molecule has 4 nitrogen and oxygen atoms in total. The number of benzene rings is 1. The molecule has 0 aliphatic rings. The molecule has 0 unspecified atom stereocenters. The summed E-state index contributed by atoms with van der Waals surface area (Å²) in [5.74, 6) is -0.116. The highest BCUT2D eigenvalue weighted by Gasteiger charge is 2.11. The maximum absolute atomic E-state index is 11.0. The number of halogens is 1. The van der Waals surface area contributed by atoms with Gasteiger partial charge in [0.25, 0.3) is 0 Å². The Bertz CT molecular complexity index is 642. The summed E-state index contributed by atoms with van der Waals surface area (Å²) in [7, 11) is 0. The van der Waals surface area contributed by atoms with Crippen LogP contribution in [-0.2, 0) is 4.79 Å². The van der Waals surface area contributed by atoms with Crippen LogP contribution in [0.2, 0.25) is 5.15 Å². The first-order valence-electron chi connectivity index (χ1n) is 9.35. The van der Waals surface area contributed by atoms with Crippen molar-refractivity contribution in [2.75, 3.05) is 0 Å². The third-order valence-corrected chi connectivity index (χ3v) is 3.92. The fraction of sp³-hybridized carbons (Fsp3) is 0.476. The van der Waals surface area contributed by atoms with Crippen molar-refractivity contribution < 1.29 is 9.53 Å². The number of hydrogen-bond donors (Lipinski definition) is 0. The molecule has 1 aromatic carbocycles. The summed E-state index contributed by atoms with van der Waals surface area (Å²) in [5.41, 5.74) is 1.30. The van der Waals surface area contributed by atoms with Crippen molar-refractivity contribution >= 4 is 17.6 Å². The van der Waals surface area contributed by atoms with E-state index >= 15 is 0 Å². The van der Waals surface area contributed by atoms with Crippen LogP contribution in [0.25, 0.3) is 11.3 Å². The second-order valence-electron chi connectivity index (χ2n) is 6.11. The molecule has 0 spiro atoms. The fourth-order valence-corrected chi connectivity index (χ4v) is 2.55. The first-order chi connectivity index (χ1) is 12.6. The quantitative estimate of drug-likeness (QED) is 0.390. The van der Waals surface area contributed by atoms with E-state index in [0.29, 0.717) is 11.4 Å². The average molecular weight is 377 g/mol. The van der Waals surface area contributed by atoms with Gasteiger partial charge in [0, 0.05) is 18.6 Å². The van der Waals surface area contributed by atoms with E-state index in [9.17, 15) is 4.79 Å². The molecule has 2 aromatic rings. The molecule has 142 valence electrons. The summed E-state index contributed by atoms with van der Waals surface area (Å²) in [6.07, 6.45) is 9.97. The topological polar surface area (TPSA) is 52.1 Å². The van der Waals surface area contributed by atoms with E-state index in [1.807, 2.05) is 30.3 Å². The van der Waals surface area contributed by atoms with Gasteiger partial charge < -0.3 is 4.74 Å². The number of ether oxygens (including phenoxy) is 1. The van der Waals surface area contributed by atoms with E-state index in [1.165, 1.54) is 57.9 Å². The molecule has 0 aliphatic carbocycles. The largest absolute Gasteiger partial charge is 0.424 e. The van der Waals surface area contributed by atoms with Crippen LogP contribution in [0, 0.1) is 0 Å². The van der Waals surface area contributed by atoms with Crippen molar-refractivity contribution in [1.82, 2.24) is 10.2 Å². The van der Waals surface area contributed by atoms with Crippen molar-refractivity contribution in [1.29, 1.82) is 0 Å². The van der Waals surface area contributed by atoms with Crippen LogP contribution in [0.15, 0.2) is 36.4 Å². The summed E-state index contributed by atoms with van der Waals surface area (Å²) >= 11 is 5.72. The summed E-state index contributed by atoms with van der Waals surface area (Å²) in [5, 5.41) is 7.87. The Hall–Kier alpha value is -1.94. The summed E-state index contributed by atoms with van der Waals surface area (Å²) in [6.45, 7) is 5.85. The molecular formula is C21H29ClN2O2. The molecular weight excluding hydrogens is 348 g/mol. The highest BCUT2D eigenvalue weighted by Crippen LogP contribution is 2.28. The molecule has 0 bridgehead atoms. The lowest BCUT2D eigenvalue weighted by molar-refractivity contribution is -0.131. The lowest BCUT2D eigenvalue weighted by Gasteiger charge is -2.07. The maximum Gasteiger partial charge on any atom is 0.308 e. The van der Waals surface area contributed by atoms with Crippen LogP contribution in [-0.4, -0.2) is 16.2 Å². The van der Waals surface area contributed by atoms with E-state index in [4.69, 9.17) is 16.3 Å². The van der Waals surface area contributed by atoms with Crippen molar-refractivity contribution in [3.63, 3.8) is 0 Å². The molecule has 2 rings (SSSR count). The third kappa shape index (κ3) is 8.95. The van der Waals surface area contributed by atoms with E-state index in [2.05, 4.69) is 24.0 Å². The number of aromatic nitrogens is 2. The molecule has 0 radical (unpaired) electrons. The molecule has 0 aliphatic heterocycles. The Morgan fingerprint density at radius 3 is 2.08 bits per heavy atom. The smallest absolute Gasteiger partial charge is 0.308 e. The lowest BCUT2D eigenvalue weighted by Crippen LogP contribution is -2.04. The summed E-state index contributed by atoms with van der Waals surface area (Å²) < 4.78 is 5.05. The van der Waals surface area contributed by atoms with Crippen LogP contribution in [0.1, 0.15) is 65.7 Å². The van der Waals surface area contributed by atoms with Crippen molar-refractivity contribution in [2.45, 2.75) is 65.7 Å². The van der Waals surface area contributed by atoms with Gasteiger partial charge in [0.1, 0.15) is 5.69 Å². The van der Waals surface area contributed by atoms with Crippen LogP contribution >= 0.6 is 11.6 Å². The van der Waals surface area contributed by atoms with Gasteiger partial charge in [-0.15, -0.1) is 10.2 Å². The SMILES string of the molecule is CC(=O)Oc1cc(Cl)nnc1-c1ccccc1.CCCCCCCCC. The molecule has 0 saturated heterocycles. The molecule has 1 heterocycles. The Kier molecular flexibility index (Phi) is 11.3.